The summed E-state index contributed by atoms with van der Waals surface area (Å²) in [6.45, 7) is 1.59. The van der Waals surface area contributed by atoms with Crippen molar-refractivity contribution in [2.24, 2.45) is 0 Å². The maximum atomic E-state index is 13.0. The molecule has 6 nitrogen and oxygen atoms in total. The van der Waals surface area contributed by atoms with Crippen LogP contribution in [0.1, 0.15) is 25.6 Å². The van der Waals surface area contributed by atoms with Gasteiger partial charge in [0.05, 0.1) is 17.1 Å². The Morgan fingerprint density at radius 1 is 1.00 bits per heavy atom. The summed E-state index contributed by atoms with van der Waals surface area (Å²) in [6, 6.07) is 11.8. The van der Waals surface area contributed by atoms with Crippen LogP contribution in [0.4, 0.5) is 13.2 Å². The van der Waals surface area contributed by atoms with Crippen molar-refractivity contribution in [3.05, 3.63) is 69.6 Å². The van der Waals surface area contributed by atoms with Gasteiger partial charge < -0.3 is 4.90 Å². The van der Waals surface area contributed by atoms with Crippen molar-refractivity contribution in [1.82, 2.24) is 14.7 Å². The molecule has 0 aliphatic carbocycles. The van der Waals surface area contributed by atoms with Crippen molar-refractivity contribution in [3.8, 4) is 0 Å². The van der Waals surface area contributed by atoms with Gasteiger partial charge >= 0.3 is 6.18 Å². The van der Waals surface area contributed by atoms with E-state index in [0.717, 1.165) is 23.5 Å². The van der Waals surface area contributed by atoms with Gasteiger partial charge in [0, 0.05) is 47.9 Å². The molecule has 2 aromatic carbocycles. The minimum Gasteiger partial charge on any atom is -0.335 e. The Morgan fingerprint density at radius 3 is 2.37 bits per heavy atom. The van der Waals surface area contributed by atoms with Crippen LogP contribution >= 0.6 is 22.9 Å². The minimum atomic E-state index is -4.48. The molecule has 1 aromatic heterocycles. The van der Waals surface area contributed by atoms with Crippen LogP contribution in [0.2, 0.25) is 5.02 Å². The molecule has 2 aliphatic rings. The van der Waals surface area contributed by atoms with Crippen LogP contribution in [-0.4, -0.2) is 71.2 Å². The first kappa shape index (κ1) is 23.8. The zero-order valence-corrected chi connectivity index (χ0v) is 19.8. The summed E-state index contributed by atoms with van der Waals surface area (Å²) in [6.07, 6.45) is -4.48. The van der Waals surface area contributed by atoms with Crippen LogP contribution < -0.4 is 0 Å². The Labute approximate surface area is 207 Å². The van der Waals surface area contributed by atoms with E-state index in [1.165, 1.54) is 11.0 Å². The van der Waals surface area contributed by atoms with Crippen molar-refractivity contribution in [2.45, 2.75) is 12.2 Å². The molecule has 182 valence electrons. The van der Waals surface area contributed by atoms with Crippen molar-refractivity contribution < 1.29 is 27.6 Å². The molecular weight excluding hydrogens is 503 g/mol. The van der Waals surface area contributed by atoms with Gasteiger partial charge in [0.2, 0.25) is 5.91 Å². The first-order chi connectivity index (χ1) is 16.6. The monoisotopic (exact) mass is 521 g/mol. The molecule has 2 saturated heterocycles. The Hall–Kier alpha value is -2.95. The summed E-state index contributed by atoms with van der Waals surface area (Å²) in [5.74, 6) is -0.957. The lowest BCUT2D eigenvalue weighted by molar-refractivity contribution is -0.137. The SMILES string of the molecule is O=C(c1sc2cc(C(F)(F)F)ccc2c1Cl)N1CC(N2CCN(C(=O)c3ccccc3)C(=O)C2)C1. The molecule has 11 heteroatoms. The highest BCUT2D eigenvalue weighted by atomic mass is 35.5. The molecule has 0 unspecified atom stereocenters. The number of nitrogens with zero attached hydrogens (tertiary/aromatic N) is 3. The fourth-order valence-electron chi connectivity index (χ4n) is 4.33. The smallest absolute Gasteiger partial charge is 0.335 e. The number of piperazine rings is 1. The maximum Gasteiger partial charge on any atom is 0.416 e. The fraction of sp³-hybridized carbons (Fsp3) is 0.292. The number of amides is 3. The topological polar surface area (TPSA) is 60.9 Å². The van der Waals surface area contributed by atoms with Crippen LogP contribution in [0.15, 0.2) is 48.5 Å². The maximum absolute atomic E-state index is 13.0. The van der Waals surface area contributed by atoms with Crippen LogP contribution in [0.25, 0.3) is 10.1 Å². The third kappa shape index (κ3) is 4.41. The van der Waals surface area contributed by atoms with Gasteiger partial charge in [-0.25, -0.2) is 0 Å². The van der Waals surface area contributed by atoms with Gasteiger partial charge in [0.15, 0.2) is 0 Å². The first-order valence-corrected chi connectivity index (χ1v) is 12.0. The molecule has 3 amide bonds. The van der Waals surface area contributed by atoms with Gasteiger partial charge in [-0.3, -0.25) is 24.2 Å². The van der Waals surface area contributed by atoms with E-state index in [-0.39, 0.29) is 46.8 Å². The number of hydrogen-bond acceptors (Lipinski definition) is 5. The van der Waals surface area contributed by atoms with E-state index < -0.39 is 11.7 Å². The average molecular weight is 522 g/mol. The van der Waals surface area contributed by atoms with Crippen molar-refractivity contribution >= 4 is 50.7 Å². The second-order valence-corrected chi connectivity index (χ2v) is 9.94. The van der Waals surface area contributed by atoms with E-state index in [1.807, 2.05) is 4.90 Å². The molecule has 0 N–H and O–H groups in total. The second-order valence-electron chi connectivity index (χ2n) is 8.50. The van der Waals surface area contributed by atoms with Crippen LogP contribution in [0, 0.1) is 0 Å². The summed E-state index contributed by atoms with van der Waals surface area (Å²) >= 11 is 7.28. The third-order valence-corrected chi connectivity index (χ3v) is 7.98. The Morgan fingerprint density at radius 2 is 1.71 bits per heavy atom. The predicted molar refractivity (Wildman–Crippen MR) is 126 cm³/mol. The molecule has 0 spiro atoms. The summed E-state index contributed by atoms with van der Waals surface area (Å²) in [7, 11) is 0. The third-order valence-electron chi connectivity index (χ3n) is 6.33. The van der Waals surface area contributed by atoms with Crippen molar-refractivity contribution in [2.75, 3.05) is 32.7 Å². The van der Waals surface area contributed by atoms with Crippen molar-refractivity contribution in [1.29, 1.82) is 0 Å². The fourth-order valence-corrected chi connectivity index (χ4v) is 5.85. The Bertz CT molecular complexity index is 1320. The number of likely N-dealkylation sites (tertiary alicyclic amines) is 1. The number of fused-ring (bicyclic) bond motifs is 1. The highest BCUT2D eigenvalue weighted by molar-refractivity contribution is 7.21. The molecule has 2 fully saturated rings. The van der Waals surface area contributed by atoms with Crippen LogP contribution in [-0.2, 0) is 11.0 Å². The molecule has 3 aromatic rings. The lowest BCUT2D eigenvalue weighted by Gasteiger charge is -2.47. The van der Waals surface area contributed by atoms with Gasteiger partial charge in [0.1, 0.15) is 4.88 Å². The number of carbonyl (C=O) groups is 3. The largest absolute Gasteiger partial charge is 0.416 e. The van der Waals surface area contributed by atoms with E-state index in [9.17, 15) is 27.6 Å². The number of carbonyl (C=O) groups excluding carboxylic acids is 3. The molecule has 0 bridgehead atoms. The summed E-state index contributed by atoms with van der Waals surface area (Å²) in [4.78, 5) is 43.2. The van der Waals surface area contributed by atoms with E-state index in [4.69, 9.17) is 11.6 Å². The molecule has 3 heterocycles. The molecule has 35 heavy (non-hydrogen) atoms. The van der Waals surface area contributed by atoms with Gasteiger partial charge in [-0.05, 0) is 24.3 Å². The highest BCUT2D eigenvalue weighted by Crippen LogP contribution is 2.40. The van der Waals surface area contributed by atoms with Crippen LogP contribution in [0.3, 0.4) is 0 Å². The number of rotatable bonds is 3. The predicted octanol–water partition coefficient (Wildman–Crippen LogP) is 4.38. The highest BCUT2D eigenvalue weighted by Gasteiger charge is 2.40. The van der Waals surface area contributed by atoms with Gasteiger partial charge in [-0.15, -0.1) is 11.3 Å². The zero-order valence-electron chi connectivity index (χ0n) is 18.2. The standard InChI is InChI=1S/C24H19ClF3N3O3S/c25-20-17-7-6-15(24(26,27)28)10-18(17)35-21(20)23(34)30-11-16(12-30)29-8-9-31(19(32)13-29)22(33)14-4-2-1-3-5-14/h1-7,10,16H,8-9,11-13H2. The molecule has 0 saturated carbocycles. The van der Waals surface area contributed by atoms with Gasteiger partial charge in [-0.2, -0.15) is 13.2 Å². The van der Waals surface area contributed by atoms with E-state index >= 15 is 0 Å². The number of benzene rings is 2. The quantitative estimate of drug-likeness (QED) is 0.480. The molecule has 0 radical (unpaired) electrons. The van der Waals surface area contributed by atoms with Gasteiger partial charge in [0.25, 0.3) is 11.8 Å². The van der Waals surface area contributed by atoms with E-state index in [2.05, 4.69) is 0 Å². The Kier molecular flexibility index (Phi) is 6.06. The number of hydrogen-bond donors (Lipinski definition) is 0. The lowest BCUT2D eigenvalue weighted by Crippen LogP contribution is -2.65. The number of alkyl halides is 3. The number of thiophene rings is 1. The van der Waals surface area contributed by atoms with E-state index in [1.54, 1.807) is 35.2 Å². The number of halogens is 4. The number of imide groups is 1. The minimum absolute atomic E-state index is 0.0399. The molecule has 2 aliphatic heterocycles. The molecule has 5 rings (SSSR count). The molecule has 0 atom stereocenters. The first-order valence-electron chi connectivity index (χ1n) is 10.9. The Balaban J connectivity index is 1.21. The summed E-state index contributed by atoms with van der Waals surface area (Å²) in [5.41, 5.74) is -0.335. The second kappa shape index (κ2) is 8.92. The normalized spacial score (nSPS) is 17.7. The van der Waals surface area contributed by atoms with Crippen LogP contribution in [0.5, 0.6) is 0 Å². The van der Waals surface area contributed by atoms with Crippen molar-refractivity contribution in [3.63, 3.8) is 0 Å². The summed E-state index contributed by atoms with van der Waals surface area (Å²) < 4.78 is 39.4. The average Bonchev–Trinajstić information content (AvgIpc) is 3.13. The zero-order chi connectivity index (χ0) is 24.9. The van der Waals surface area contributed by atoms with Gasteiger partial charge in [-0.1, -0.05) is 35.9 Å². The lowest BCUT2D eigenvalue weighted by atomic mass is 10.0. The summed E-state index contributed by atoms with van der Waals surface area (Å²) in [5, 5.41) is 0.560. The van der Waals surface area contributed by atoms with E-state index in [0.29, 0.717) is 35.3 Å². The molecular formula is C24H19ClF3N3O3S.